The van der Waals surface area contributed by atoms with Crippen LogP contribution in [0.3, 0.4) is 0 Å². The molecule has 704 valence electrons. The Morgan fingerprint density at radius 3 is 0.756 bits per heavy atom. The molecule has 0 saturated heterocycles. The number of primary amides is 1. The van der Waals surface area contributed by atoms with Crippen LogP contribution >= 0.6 is 11.8 Å². The number of carbonyl (C=O) groups is 6. The zero-order chi connectivity index (χ0) is 86.2. The highest BCUT2D eigenvalue weighted by molar-refractivity contribution is 7.99. The highest BCUT2D eigenvalue weighted by Crippen LogP contribution is 2.11. The lowest BCUT2D eigenvalue weighted by molar-refractivity contribution is -0.157. The Balaban J connectivity index is 3.24. The van der Waals surface area contributed by atoms with Crippen LogP contribution in [0.1, 0.15) is 46.0 Å². The number of Topliss-reactive ketones (excluding diaryl/α,β-unsaturated/α-hetero) is 1. The summed E-state index contributed by atoms with van der Waals surface area (Å²) in [7, 11) is 0. The van der Waals surface area contributed by atoms with Crippen molar-refractivity contribution in [3.05, 3.63) is 0 Å². The fourth-order valence-corrected chi connectivity index (χ4v) is 9.55. The highest BCUT2D eigenvalue weighted by Gasteiger charge is 2.24. The van der Waals surface area contributed by atoms with E-state index in [4.69, 9.17) is 154 Å². The summed E-state index contributed by atoms with van der Waals surface area (Å²) in [4.78, 5) is 70.6. The number of nitrogens with two attached hydrogens (primary N) is 2. The number of carbonyl (C=O) groups excluding carboxylic acids is 6. The Kier molecular flexibility index (Phi) is 94.8. The van der Waals surface area contributed by atoms with E-state index in [2.05, 4.69) is 10.6 Å². The van der Waals surface area contributed by atoms with Crippen molar-refractivity contribution in [2.75, 3.05) is 401 Å². The number of aliphatic hydroxyl groups is 1. The van der Waals surface area contributed by atoms with Crippen LogP contribution in [0.2, 0.25) is 0 Å². The van der Waals surface area contributed by atoms with E-state index in [1.54, 1.807) is 13.8 Å². The van der Waals surface area contributed by atoms with E-state index in [1.165, 1.54) is 11.8 Å². The molecular weight excluding hydrogens is 1600 g/mol. The van der Waals surface area contributed by atoms with Gasteiger partial charge in [-0.05, 0) is 6.42 Å². The van der Waals surface area contributed by atoms with Crippen LogP contribution in [0.15, 0.2) is 0 Å². The van der Waals surface area contributed by atoms with E-state index in [0.717, 1.165) is 0 Å². The van der Waals surface area contributed by atoms with Crippen molar-refractivity contribution in [2.24, 2.45) is 11.5 Å². The molecule has 0 saturated carbocycles. The number of amides is 3. The van der Waals surface area contributed by atoms with Crippen LogP contribution in [-0.2, 0) is 171 Å². The number of rotatable bonds is 103. The van der Waals surface area contributed by atoms with Gasteiger partial charge in [0.25, 0.3) is 0 Å². The molecule has 0 rings (SSSR count). The van der Waals surface area contributed by atoms with E-state index >= 15 is 0 Å². The highest BCUT2D eigenvalue weighted by atomic mass is 32.2. The van der Waals surface area contributed by atoms with Crippen LogP contribution in [0.5, 0.6) is 0 Å². The molecule has 0 heterocycles. The molecular formula is C77H148N4O37S. The SMILES string of the molecule is CCC(=O)OC[C@H](CSC[C@H](N)C(=O)N[C@@H](CO)C(=O)CCCOCCOCCOCCOCCOCCOCCOCCOCCOCCOCCOCCOCCOCCOCCOCCOCCOCCOCCOCCOCCOCCOCCOCCOCCOCCOCCOCCOCCC(=O)NCC(N)=O)OC(=O)CC. The van der Waals surface area contributed by atoms with Crippen LogP contribution < -0.4 is 22.1 Å². The molecule has 3 atom stereocenters. The molecule has 42 heteroatoms. The van der Waals surface area contributed by atoms with Gasteiger partial charge in [0.05, 0.1) is 383 Å². The van der Waals surface area contributed by atoms with Gasteiger partial charge in [-0.1, -0.05) is 13.8 Å². The van der Waals surface area contributed by atoms with Crippen LogP contribution in [0.25, 0.3) is 0 Å². The minimum Gasteiger partial charge on any atom is -0.462 e. The lowest BCUT2D eigenvalue weighted by Crippen LogP contribution is -2.51. The third-order valence-electron chi connectivity index (χ3n) is 14.8. The van der Waals surface area contributed by atoms with Crippen molar-refractivity contribution in [2.45, 2.75) is 64.1 Å². The molecule has 0 aliphatic rings. The van der Waals surface area contributed by atoms with E-state index in [-0.39, 0.29) is 75.2 Å². The number of ketones is 1. The third-order valence-corrected chi connectivity index (χ3v) is 16.0. The van der Waals surface area contributed by atoms with Gasteiger partial charge in [0.1, 0.15) is 18.8 Å². The monoisotopic (exact) mass is 1750 g/mol. The van der Waals surface area contributed by atoms with Gasteiger partial charge in [-0.25, -0.2) is 0 Å². The Bertz CT molecular complexity index is 2180. The van der Waals surface area contributed by atoms with Gasteiger partial charge in [-0.15, -0.1) is 0 Å². The molecule has 41 nitrogen and oxygen atoms in total. The van der Waals surface area contributed by atoms with Gasteiger partial charge in [-0.3, -0.25) is 28.8 Å². The van der Waals surface area contributed by atoms with E-state index in [9.17, 15) is 33.9 Å². The lowest BCUT2D eigenvalue weighted by atomic mass is 10.1. The summed E-state index contributed by atoms with van der Waals surface area (Å²) in [5.41, 5.74) is 11.0. The number of ether oxygens (including phenoxy) is 30. The molecule has 0 unspecified atom stereocenters. The Hall–Kier alpha value is -3.83. The number of aliphatic hydroxyl groups excluding tert-OH is 1. The molecule has 0 bridgehead atoms. The van der Waals surface area contributed by atoms with Crippen molar-refractivity contribution in [1.82, 2.24) is 10.6 Å². The first-order chi connectivity index (χ1) is 58.5. The Morgan fingerprint density at radius 1 is 0.311 bits per heavy atom. The Labute approximate surface area is 708 Å². The number of esters is 2. The summed E-state index contributed by atoms with van der Waals surface area (Å²) < 4.78 is 165. The second-order valence-corrected chi connectivity index (χ2v) is 25.7. The maximum absolute atomic E-state index is 12.6. The predicted molar refractivity (Wildman–Crippen MR) is 430 cm³/mol. The second-order valence-electron chi connectivity index (χ2n) is 24.6. The van der Waals surface area contributed by atoms with Crippen molar-refractivity contribution in [3.63, 3.8) is 0 Å². The summed E-state index contributed by atoms with van der Waals surface area (Å²) in [5, 5.41) is 14.6. The maximum atomic E-state index is 12.6. The van der Waals surface area contributed by atoms with Crippen molar-refractivity contribution >= 4 is 47.2 Å². The summed E-state index contributed by atoms with van der Waals surface area (Å²) in [6.45, 7) is 27.0. The van der Waals surface area contributed by atoms with Gasteiger partial charge >= 0.3 is 11.9 Å². The van der Waals surface area contributed by atoms with Crippen LogP contribution in [0.4, 0.5) is 0 Å². The van der Waals surface area contributed by atoms with E-state index in [1.807, 2.05) is 0 Å². The predicted octanol–water partition coefficient (Wildman–Crippen LogP) is -1.40. The molecule has 119 heavy (non-hydrogen) atoms. The zero-order valence-electron chi connectivity index (χ0n) is 71.1. The number of nitrogens with one attached hydrogen (secondary N) is 2. The number of hydrogen-bond donors (Lipinski definition) is 5. The summed E-state index contributed by atoms with van der Waals surface area (Å²) in [5.74, 6) is -2.35. The van der Waals surface area contributed by atoms with Gasteiger partial charge in [-0.2, -0.15) is 11.8 Å². The van der Waals surface area contributed by atoms with E-state index in [0.29, 0.717) is 363 Å². The molecule has 0 fully saturated rings. The zero-order valence-corrected chi connectivity index (χ0v) is 71.9. The van der Waals surface area contributed by atoms with E-state index < -0.39 is 48.5 Å². The molecule has 0 spiro atoms. The normalized spacial score (nSPS) is 12.3. The Morgan fingerprint density at radius 2 is 0.538 bits per heavy atom. The number of hydrogen-bond acceptors (Lipinski definition) is 39. The smallest absolute Gasteiger partial charge is 0.305 e. The molecule has 0 aromatic carbocycles. The number of thioether (sulfide) groups is 1. The van der Waals surface area contributed by atoms with Crippen molar-refractivity contribution in [1.29, 1.82) is 0 Å². The average Bonchev–Trinajstić information content (AvgIpc) is 0.909. The minimum atomic E-state index is -1.11. The summed E-state index contributed by atoms with van der Waals surface area (Å²) in [6.07, 6.45) is 0.246. The first-order valence-electron chi connectivity index (χ1n) is 41.4. The topological polar surface area (TPSA) is 476 Å². The third kappa shape index (κ3) is 93.2. The summed E-state index contributed by atoms with van der Waals surface area (Å²) in [6, 6.07) is -2.11. The average molecular weight is 1750 g/mol. The maximum Gasteiger partial charge on any atom is 0.305 e. The largest absolute Gasteiger partial charge is 0.462 e. The first kappa shape index (κ1) is 115. The fourth-order valence-electron chi connectivity index (χ4n) is 8.58. The molecule has 0 aliphatic carbocycles. The van der Waals surface area contributed by atoms with Crippen molar-refractivity contribution in [3.8, 4) is 0 Å². The van der Waals surface area contributed by atoms with Crippen molar-refractivity contribution < 1.29 is 176 Å². The van der Waals surface area contributed by atoms with Gasteiger partial charge < -0.3 is 169 Å². The molecule has 0 aromatic heterocycles. The van der Waals surface area contributed by atoms with Gasteiger partial charge in [0.15, 0.2) is 5.78 Å². The fraction of sp³-hybridized carbons (Fsp3) is 0.922. The lowest BCUT2D eigenvalue weighted by Gasteiger charge is -2.20. The minimum absolute atomic E-state index is 0.0784. The molecule has 0 radical (unpaired) electrons. The second kappa shape index (κ2) is 98.0. The molecule has 0 aliphatic heterocycles. The van der Waals surface area contributed by atoms with Crippen LogP contribution in [0, 0.1) is 0 Å². The first-order valence-corrected chi connectivity index (χ1v) is 42.5. The summed E-state index contributed by atoms with van der Waals surface area (Å²) >= 11 is 1.23. The standard InChI is InChI=1S/C77H148N4O37S/c1-3-75(86)117-66-69(118-76(87)4-2)67-119-68-70(78)77(88)81-71(65-82)72(83)6-5-8-89-10-12-91-14-16-93-18-20-95-22-24-97-26-28-99-30-32-101-34-36-103-38-40-105-42-44-107-46-48-109-50-52-111-54-56-113-58-60-115-62-63-116-61-59-114-57-55-112-53-51-110-49-47-108-45-43-106-41-39-104-37-35-102-33-31-100-29-27-98-25-23-96-21-19-94-17-15-92-13-11-90-9-7-74(85)80-64-73(79)84/h69-71,82H,3-68,78H2,1-2H3,(H2,79,84)(H,80,85)(H,81,88)/t69-,70+,71+/m1/s1. The quantitative estimate of drug-likeness (QED) is 0.0345. The molecule has 7 N–H and O–H groups in total. The molecule has 0 aromatic rings. The van der Waals surface area contributed by atoms with Crippen LogP contribution in [-0.4, -0.2) is 460 Å². The van der Waals surface area contributed by atoms with Gasteiger partial charge in [0.2, 0.25) is 17.7 Å². The van der Waals surface area contributed by atoms with Gasteiger partial charge in [0, 0.05) is 43.8 Å². The molecule has 3 amide bonds.